The second-order valence-corrected chi connectivity index (χ2v) is 2.25. The van der Waals surface area contributed by atoms with Gasteiger partial charge in [-0.05, 0) is 18.6 Å². The molecule has 0 fully saturated rings. The molecule has 1 heterocycles. The van der Waals surface area contributed by atoms with Crippen molar-refractivity contribution in [2.75, 3.05) is 13.7 Å². The van der Waals surface area contributed by atoms with E-state index in [1.54, 1.807) is 7.11 Å². The maximum Gasteiger partial charge on any atom is 0.0641 e. The van der Waals surface area contributed by atoms with Gasteiger partial charge in [0.15, 0.2) is 0 Å². The molecule has 55 valence electrons. The maximum atomic E-state index is 4.91. The third kappa shape index (κ3) is 1.88. The fourth-order valence-corrected chi connectivity index (χ4v) is 0.826. The summed E-state index contributed by atoms with van der Waals surface area (Å²) < 4.78 is 6.98. The molecule has 0 amide bonds. The summed E-state index contributed by atoms with van der Waals surface area (Å²) in [7, 11) is 1.70. The Morgan fingerprint density at radius 1 is 1.70 bits per heavy atom. The molecule has 10 heavy (non-hydrogen) atoms. The van der Waals surface area contributed by atoms with Crippen LogP contribution in [0.2, 0.25) is 0 Å². The van der Waals surface area contributed by atoms with E-state index in [2.05, 4.69) is 11.5 Å². The lowest BCUT2D eigenvalue weighted by molar-refractivity contribution is 0.187. The summed E-state index contributed by atoms with van der Waals surface area (Å²) in [5, 5.41) is 0. The van der Waals surface area contributed by atoms with Crippen molar-refractivity contribution in [2.24, 2.45) is 0 Å². The first-order valence-electron chi connectivity index (χ1n) is 3.29. The van der Waals surface area contributed by atoms with Gasteiger partial charge < -0.3 is 9.30 Å². The van der Waals surface area contributed by atoms with Crippen molar-refractivity contribution in [1.82, 2.24) is 4.57 Å². The molecule has 0 spiro atoms. The lowest BCUT2D eigenvalue weighted by Crippen LogP contribution is -2.00. The average molecular weight is 138 g/mol. The molecule has 0 saturated carbocycles. The van der Waals surface area contributed by atoms with Crippen LogP contribution in [0, 0.1) is 6.92 Å². The molecule has 2 heteroatoms. The van der Waals surface area contributed by atoms with Crippen LogP contribution in [0.3, 0.4) is 0 Å². The molecule has 2 nitrogen and oxygen atoms in total. The molecule has 0 saturated heterocycles. The van der Waals surface area contributed by atoms with Crippen LogP contribution in [0.4, 0.5) is 0 Å². The Morgan fingerprint density at radius 2 is 2.50 bits per heavy atom. The van der Waals surface area contributed by atoms with Crippen molar-refractivity contribution in [3.8, 4) is 0 Å². The van der Waals surface area contributed by atoms with Crippen LogP contribution < -0.4 is 0 Å². The van der Waals surface area contributed by atoms with E-state index in [1.165, 1.54) is 0 Å². The summed E-state index contributed by atoms with van der Waals surface area (Å²) >= 11 is 0. The van der Waals surface area contributed by atoms with Gasteiger partial charge in [-0.15, -0.1) is 0 Å². The van der Waals surface area contributed by atoms with Crippen LogP contribution >= 0.6 is 0 Å². The van der Waals surface area contributed by atoms with Gasteiger partial charge in [0.25, 0.3) is 0 Å². The number of rotatable bonds is 3. The standard InChI is InChI=1S/C8H12NO/c1-8-3-4-9(7-8)5-6-10-2/h3-4,7H,1,5-6H2,2H3. The Labute approximate surface area is 61.4 Å². The number of hydrogen-bond donors (Lipinski definition) is 0. The quantitative estimate of drug-likeness (QED) is 0.614. The zero-order chi connectivity index (χ0) is 7.40. The van der Waals surface area contributed by atoms with E-state index in [0.29, 0.717) is 0 Å². The smallest absolute Gasteiger partial charge is 0.0641 e. The molecule has 1 aromatic rings. The van der Waals surface area contributed by atoms with Crippen molar-refractivity contribution in [3.63, 3.8) is 0 Å². The van der Waals surface area contributed by atoms with Crippen LogP contribution in [-0.2, 0) is 11.3 Å². The third-order valence-corrected chi connectivity index (χ3v) is 1.37. The molecule has 0 aliphatic heterocycles. The molecule has 0 aliphatic rings. The van der Waals surface area contributed by atoms with Gasteiger partial charge in [-0.2, -0.15) is 0 Å². The van der Waals surface area contributed by atoms with Gasteiger partial charge in [-0.25, -0.2) is 0 Å². The van der Waals surface area contributed by atoms with E-state index >= 15 is 0 Å². The molecule has 0 aliphatic carbocycles. The van der Waals surface area contributed by atoms with E-state index in [9.17, 15) is 0 Å². The Bertz CT molecular complexity index is 193. The van der Waals surface area contributed by atoms with Gasteiger partial charge in [0, 0.05) is 26.0 Å². The third-order valence-electron chi connectivity index (χ3n) is 1.37. The first-order chi connectivity index (χ1) is 4.83. The predicted molar refractivity (Wildman–Crippen MR) is 40.8 cm³/mol. The highest BCUT2D eigenvalue weighted by Crippen LogP contribution is 1.97. The van der Waals surface area contributed by atoms with Gasteiger partial charge >= 0.3 is 0 Å². The van der Waals surface area contributed by atoms with E-state index in [-0.39, 0.29) is 0 Å². The highest BCUT2D eigenvalue weighted by Gasteiger charge is 1.89. The molecule has 0 bridgehead atoms. The van der Waals surface area contributed by atoms with Crippen LogP contribution in [0.25, 0.3) is 0 Å². The van der Waals surface area contributed by atoms with Crippen LogP contribution in [-0.4, -0.2) is 18.3 Å². The molecule has 0 N–H and O–H groups in total. The van der Waals surface area contributed by atoms with Crippen LogP contribution in [0.15, 0.2) is 18.5 Å². The summed E-state index contributed by atoms with van der Waals surface area (Å²) in [6, 6.07) is 1.98. The Hall–Kier alpha value is -0.760. The van der Waals surface area contributed by atoms with E-state index < -0.39 is 0 Å². The van der Waals surface area contributed by atoms with Gasteiger partial charge in [0.1, 0.15) is 0 Å². The Kier molecular flexibility index (Phi) is 2.51. The van der Waals surface area contributed by atoms with Gasteiger partial charge in [0.05, 0.1) is 6.61 Å². The number of hydrogen-bond acceptors (Lipinski definition) is 1. The van der Waals surface area contributed by atoms with Gasteiger partial charge in [-0.3, -0.25) is 0 Å². The summed E-state index contributed by atoms with van der Waals surface area (Å²) in [4.78, 5) is 0. The van der Waals surface area contributed by atoms with Crippen molar-refractivity contribution in [3.05, 3.63) is 30.9 Å². The second kappa shape index (κ2) is 3.42. The lowest BCUT2D eigenvalue weighted by atomic mass is 10.4. The van der Waals surface area contributed by atoms with Crippen molar-refractivity contribution in [1.29, 1.82) is 0 Å². The van der Waals surface area contributed by atoms with Crippen LogP contribution in [0.1, 0.15) is 5.56 Å². The highest BCUT2D eigenvalue weighted by molar-refractivity contribution is 5.12. The first-order valence-corrected chi connectivity index (χ1v) is 3.29. The number of aromatic nitrogens is 1. The summed E-state index contributed by atoms with van der Waals surface area (Å²) in [5.41, 5.74) is 1.05. The van der Waals surface area contributed by atoms with E-state index in [4.69, 9.17) is 4.74 Å². The monoisotopic (exact) mass is 138 g/mol. The zero-order valence-electron chi connectivity index (χ0n) is 6.21. The predicted octanol–water partition coefficient (Wildman–Crippen LogP) is 1.32. The van der Waals surface area contributed by atoms with Crippen LogP contribution in [0.5, 0.6) is 0 Å². The molecule has 1 radical (unpaired) electrons. The first kappa shape index (κ1) is 7.35. The number of nitrogens with zero attached hydrogens (tertiary/aromatic N) is 1. The van der Waals surface area contributed by atoms with Crippen molar-refractivity contribution >= 4 is 0 Å². The average Bonchev–Trinajstić information content (AvgIpc) is 2.31. The summed E-state index contributed by atoms with van der Waals surface area (Å²) in [6.45, 7) is 5.45. The lowest BCUT2D eigenvalue weighted by Gasteiger charge is -1.99. The molecule has 1 rings (SSSR count). The summed E-state index contributed by atoms with van der Waals surface area (Å²) in [6.07, 6.45) is 4.00. The molecular formula is C8H12NO. The minimum atomic E-state index is 0.758. The fraction of sp³-hybridized carbons (Fsp3) is 0.375. The topological polar surface area (TPSA) is 14.2 Å². The largest absolute Gasteiger partial charge is 0.383 e. The summed E-state index contributed by atoms with van der Waals surface area (Å²) in [5.74, 6) is 0. The SMILES string of the molecule is [CH2]c1ccn(CCOC)c1. The van der Waals surface area contributed by atoms with Crippen molar-refractivity contribution < 1.29 is 4.74 Å². The minimum absolute atomic E-state index is 0.758. The fourth-order valence-electron chi connectivity index (χ4n) is 0.826. The number of methoxy groups -OCH3 is 1. The molecule has 0 unspecified atom stereocenters. The molecule has 0 atom stereocenters. The van der Waals surface area contributed by atoms with Gasteiger partial charge in [-0.1, -0.05) is 0 Å². The van der Waals surface area contributed by atoms with Gasteiger partial charge in [0.2, 0.25) is 0 Å². The van der Waals surface area contributed by atoms with E-state index in [0.717, 1.165) is 18.7 Å². The minimum Gasteiger partial charge on any atom is -0.383 e. The Morgan fingerprint density at radius 3 is 3.00 bits per heavy atom. The Balaban J connectivity index is 2.42. The maximum absolute atomic E-state index is 4.91. The normalized spacial score (nSPS) is 10.2. The highest BCUT2D eigenvalue weighted by atomic mass is 16.5. The second-order valence-electron chi connectivity index (χ2n) is 2.25. The van der Waals surface area contributed by atoms with E-state index in [1.807, 2.05) is 18.5 Å². The zero-order valence-corrected chi connectivity index (χ0v) is 6.21. The number of ether oxygens (including phenoxy) is 1. The molecular weight excluding hydrogens is 126 g/mol. The van der Waals surface area contributed by atoms with Crippen molar-refractivity contribution in [2.45, 2.75) is 6.54 Å². The molecule has 0 aromatic carbocycles. The molecule has 1 aromatic heterocycles.